The van der Waals surface area contributed by atoms with E-state index in [2.05, 4.69) is 9.88 Å². The van der Waals surface area contributed by atoms with E-state index in [1.54, 1.807) is 12.4 Å². The average molecular weight is 283 g/mol. The maximum absolute atomic E-state index is 11.2. The van der Waals surface area contributed by atoms with Gasteiger partial charge in [0.2, 0.25) is 5.91 Å². The van der Waals surface area contributed by atoms with Crippen molar-refractivity contribution >= 4 is 28.9 Å². The molecule has 0 aliphatic carbocycles. The molecule has 1 aromatic rings. The smallest absolute Gasteiger partial charge is 0.220 e. The van der Waals surface area contributed by atoms with Gasteiger partial charge in [-0.3, -0.25) is 9.78 Å². The van der Waals surface area contributed by atoms with Crippen LogP contribution in [-0.2, 0) is 4.79 Å². The number of rotatable bonds is 3. The van der Waals surface area contributed by atoms with Gasteiger partial charge in [0.15, 0.2) is 0 Å². The first-order valence-corrected chi connectivity index (χ1v) is 6.73. The Balaban J connectivity index is 2.22. The zero-order valence-electron chi connectivity index (χ0n) is 11.3. The number of nitrogens with zero attached hydrogens (tertiary/aromatic N) is 3. The molecule has 0 aromatic carbocycles. The molecule has 0 bridgehead atoms. The summed E-state index contributed by atoms with van der Waals surface area (Å²) in [6.45, 7) is 1.58. The molecule has 2 rings (SSSR count). The molecule has 0 spiro atoms. The van der Waals surface area contributed by atoms with Gasteiger partial charge in [-0.05, 0) is 12.8 Å². The topological polar surface area (TPSA) is 62.5 Å². The van der Waals surface area contributed by atoms with Gasteiger partial charge in [-0.1, -0.05) is 11.6 Å². The van der Waals surface area contributed by atoms with Crippen LogP contribution in [0.4, 0.5) is 11.4 Å². The Morgan fingerprint density at radius 1 is 1.42 bits per heavy atom. The van der Waals surface area contributed by atoms with Crippen molar-refractivity contribution < 1.29 is 4.79 Å². The lowest BCUT2D eigenvalue weighted by atomic mass is 9.96. The Bertz CT molecular complexity index is 470. The largest absolute Gasteiger partial charge is 0.375 e. The number of hydrogen-bond donors (Lipinski definition) is 1. The van der Waals surface area contributed by atoms with Crippen molar-refractivity contribution in [3.8, 4) is 0 Å². The van der Waals surface area contributed by atoms with Gasteiger partial charge in [-0.25, -0.2) is 0 Å². The first-order chi connectivity index (χ1) is 9.00. The summed E-state index contributed by atoms with van der Waals surface area (Å²) in [6, 6.07) is 0. The molecule has 1 aliphatic heterocycles. The van der Waals surface area contributed by atoms with E-state index in [0.717, 1.165) is 37.3 Å². The maximum atomic E-state index is 11.2. The number of halogens is 1. The fraction of sp³-hybridized carbons (Fsp3) is 0.538. The number of anilines is 2. The predicted octanol–water partition coefficient (Wildman–Crippen LogP) is 1.50. The van der Waals surface area contributed by atoms with Crippen LogP contribution in [0.3, 0.4) is 0 Å². The van der Waals surface area contributed by atoms with Crippen LogP contribution in [0.15, 0.2) is 12.4 Å². The van der Waals surface area contributed by atoms with Crippen LogP contribution < -0.4 is 15.5 Å². The summed E-state index contributed by atoms with van der Waals surface area (Å²) in [5.74, 6) is -0.215. The number of piperidine rings is 1. The van der Waals surface area contributed by atoms with Gasteiger partial charge in [0, 0.05) is 39.3 Å². The summed E-state index contributed by atoms with van der Waals surface area (Å²) in [5, 5.41) is 0.642. The molecule has 5 nitrogen and oxygen atoms in total. The van der Waals surface area contributed by atoms with E-state index in [1.807, 2.05) is 19.0 Å². The van der Waals surface area contributed by atoms with Crippen molar-refractivity contribution in [1.29, 1.82) is 0 Å². The predicted molar refractivity (Wildman–Crippen MR) is 77.7 cm³/mol. The molecule has 0 saturated carbocycles. The van der Waals surface area contributed by atoms with Gasteiger partial charge in [0.25, 0.3) is 0 Å². The zero-order valence-corrected chi connectivity index (χ0v) is 12.0. The molecule has 0 radical (unpaired) electrons. The van der Waals surface area contributed by atoms with Crippen LogP contribution in [-0.4, -0.2) is 38.1 Å². The van der Waals surface area contributed by atoms with E-state index in [0.29, 0.717) is 5.02 Å². The number of amides is 1. The first kappa shape index (κ1) is 13.9. The van der Waals surface area contributed by atoms with Crippen molar-refractivity contribution in [2.75, 3.05) is 37.0 Å². The minimum Gasteiger partial charge on any atom is -0.375 e. The van der Waals surface area contributed by atoms with Gasteiger partial charge < -0.3 is 15.5 Å². The molecule has 1 saturated heterocycles. The third-order valence-electron chi connectivity index (χ3n) is 3.55. The SMILES string of the molecule is CN(C)c1cncc(Cl)c1N1CCC(C(N)=O)CC1. The summed E-state index contributed by atoms with van der Waals surface area (Å²) in [4.78, 5) is 19.5. The number of hydrogen-bond acceptors (Lipinski definition) is 4. The van der Waals surface area contributed by atoms with Crippen LogP contribution >= 0.6 is 11.6 Å². The van der Waals surface area contributed by atoms with E-state index < -0.39 is 0 Å². The molecule has 1 aliphatic rings. The molecule has 104 valence electrons. The highest BCUT2D eigenvalue weighted by molar-refractivity contribution is 6.33. The lowest BCUT2D eigenvalue weighted by Gasteiger charge is -2.35. The second-order valence-corrected chi connectivity index (χ2v) is 5.45. The summed E-state index contributed by atoms with van der Waals surface area (Å²) in [7, 11) is 3.93. The monoisotopic (exact) mass is 282 g/mol. The number of primary amides is 1. The highest BCUT2D eigenvalue weighted by Crippen LogP contribution is 2.36. The molecule has 6 heteroatoms. The van der Waals surface area contributed by atoms with Crippen LogP contribution in [0, 0.1) is 5.92 Å². The number of carbonyl (C=O) groups excluding carboxylic acids is 1. The quantitative estimate of drug-likeness (QED) is 0.913. The van der Waals surface area contributed by atoms with Crippen LogP contribution in [0.1, 0.15) is 12.8 Å². The van der Waals surface area contributed by atoms with Crippen LogP contribution in [0.25, 0.3) is 0 Å². The molecule has 1 fully saturated rings. The zero-order chi connectivity index (χ0) is 14.0. The normalized spacial score (nSPS) is 16.5. The van der Waals surface area contributed by atoms with Crippen molar-refractivity contribution in [2.24, 2.45) is 11.7 Å². The molecule has 0 atom stereocenters. The molecule has 2 N–H and O–H groups in total. The second kappa shape index (κ2) is 5.65. The van der Waals surface area contributed by atoms with Gasteiger partial charge >= 0.3 is 0 Å². The van der Waals surface area contributed by atoms with Crippen LogP contribution in [0.5, 0.6) is 0 Å². The van der Waals surface area contributed by atoms with Gasteiger partial charge in [-0.2, -0.15) is 0 Å². The Morgan fingerprint density at radius 3 is 2.58 bits per heavy atom. The van der Waals surface area contributed by atoms with E-state index in [4.69, 9.17) is 17.3 Å². The lowest BCUT2D eigenvalue weighted by Crippen LogP contribution is -2.39. The lowest BCUT2D eigenvalue weighted by molar-refractivity contribution is -0.122. The Morgan fingerprint density at radius 2 is 2.05 bits per heavy atom. The standard InChI is InChI=1S/C13H19ClN4O/c1-17(2)11-8-16-7-10(14)12(11)18-5-3-9(4-6-18)13(15)19/h7-9H,3-6H2,1-2H3,(H2,15,19). The molecular weight excluding hydrogens is 264 g/mol. The number of aromatic nitrogens is 1. The summed E-state index contributed by atoms with van der Waals surface area (Å²) < 4.78 is 0. The van der Waals surface area contributed by atoms with Gasteiger partial charge in [-0.15, -0.1) is 0 Å². The molecule has 2 heterocycles. The summed E-state index contributed by atoms with van der Waals surface area (Å²) in [6.07, 6.45) is 5.02. The first-order valence-electron chi connectivity index (χ1n) is 6.35. The summed E-state index contributed by atoms with van der Waals surface area (Å²) >= 11 is 6.28. The molecule has 1 aromatic heterocycles. The fourth-order valence-electron chi connectivity index (χ4n) is 2.45. The number of carbonyl (C=O) groups is 1. The third-order valence-corrected chi connectivity index (χ3v) is 3.83. The van der Waals surface area contributed by atoms with E-state index >= 15 is 0 Å². The Hall–Kier alpha value is -1.49. The van der Waals surface area contributed by atoms with Crippen molar-refractivity contribution in [1.82, 2.24) is 4.98 Å². The Labute approximate surface area is 118 Å². The second-order valence-electron chi connectivity index (χ2n) is 5.05. The fourth-order valence-corrected chi connectivity index (χ4v) is 2.72. The van der Waals surface area contributed by atoms with E-state index in [-0.39, 0.29) is 11.8 Å². The van der Waals surface area contributed by atoms with Crippen molar-refractivity contribution in [3.63, 3.8) is 0 Å². The highest BCUT2D eigenvalue weighted by atomic mass is 35.5. The highest BCUT2D eigenvalue weighted by Gasteiger charge is 2.26. The minimum atomic E-state index is -0.201. The molecule has 1 amide bonds. The van der Waals surface area contributed by atoms with Gasteiger partial charge in [0.05, 0.1) is 22.6 Å². The summed E-state index contributed by atoms with van der Waals surface area (Å²) in [5.41, 5.74) is 7.34. The van der Waals surface area contributed by atoms with Gasteiger partial charge in [0.1, 0.15) is 0 Å². The third kappa shape index (κ3) is 2.92. The van der Waals surface area contributed by atoms with E-state index in [9.17, 15) is 4.79 Å². The number of nitrogens with two attached hydrogens (primary N) is 1. The minimum absolute atomic E-state index is 0.0142. The average Bonchev–Trinajstić information content (AvgIpc) is 2.38. The van der Waals surface area contributed by atoms with Crippen molar-refractivity contribution in [3.05, 3.63) is 17.4 Å². The molecular formula is C13H19ClN4O. The van der Waals surface area contributed by atoms with Crippen LogP contribution in [0.2, 0.25) is 5.02 Å². The maximum Gasteiger partial charge on any atom is 0.220 e. The van der Waals surface area contributed by atoms with Crippen molar-refractivity contribution in [2.45, 2.75) is 12.8 Å². The molecule has 19 heavy (non-hydrogen) atoms. The van der Waals surface area contributed by atoms with E-state index in [1.165, 1.54) is 0 Å². The molecule has 0 unspecified atom stereocenters. The Kier molecular flexibility index (Phi) is 4.14. The number of pyridine rings is 1.